The zero-order chi connectivity index (χ0) is 15.6. The maximum atomic E-state index is 13.3. The highest BCUT2D eigenvalue weighted by Gasteiger charge is 2.21. The van der Waals surface area contributed by atoms with Crippen LogP contribution in [0.5, 0.6) is 5.75 Å². The molecule has 0 saturated heterocycles. The Morgan fingerprint density at radius 2 is 1.81 bits per heavy atom. The zero-order valence-corrected chi connectivity index (χ0v) is 14.2. The van der Waals surface area contributed by atoms with Crippen molar-refractivity contribution < 1.29 is 9.13 Å². The standard InChI is InChI=1S/C17H19BrFNO/c1-10-5-7-14(17(21-4)11(10)2)16(20-3)13-8-6-12(19)9-15(13)18/h5-9,16,20H,1-4H3. The van der Waals surface area contributed by atoms with Crippen LogP contribution in [-0.4, -0.2) is 14.2 Å². The Bertz CT molecular complexity index is 657. The molecule has 2 rings (SSSR count). The summed E-state index contributed by atoms with van der Waals surface area (Å²) in [6.45, 7) is 4.11. The van der Waals surface area contributed by atoms with Crippen molar-refractivity contribution in [1.82, 2.24) is 5.32 Å². The second-order valence-electron chi connectivity index (χ2n) is 5.02. The quantitative estimate of drug-likeness (QED) is 0.873. The van der Waals surface area contributed by atoms with Gasteiger partial charge in [-0.2, -0.15) is 0 Å². The van der Waals surface area contributed by atoms with Crippen LogP contribution in [0.4, 0.5) is 4.39 Å². The summed E-state index contributed by atoms with van der Waals surface area (Å²) in [5.74, 6) is 0.609. The number of hydrogen-bond donors (Lipinski definition) is 1. The van der Waals surface area contributed by atoms with Crippen LogP contribution in [0.25, 0.3) is 0 Å². The van der Waals surface area contributed by atoms with Crippen molar-refractivity contribution in [2.45, 2.75) is 19.9 Å². The molecule has 0 saturated carbocycles. The Morgan fingerprint density at radius 3 is 2.38 bits per heavy atom. The van der Waals surface area contributed by atoms with Crippen LogP contribution in [0.1, 0.15) is 28.3 Å². The van der Waals surface area contributed by atoms with Gasteiger partial charge in [0.15, 0.2) is 0 Å². The smallest absolute Gasteiger partial charge is 0.127 e. The lowest BCUT2D eigenvalue weighted by Gasteiger charge is -2.23. The molecule has 0 amide bonds. The van der Waals surface area contributed by atoms with Crippen molar-refractivity contribution in [2.24, 2.45) is 0 Å². The number of rotatable bonds is 4. The van der Waals surface area contributed by atoms with Crippen LogP contribution in [0.3, 0.4) is 0 Å². The molecule has 112 valence electrons. The molecule has 0 aliphatic heterocycles. The molecular formula is C17H19BrFNO. The molecule has 1 unspecified atom stereocenters. The lowest BCUT2D eigenvalue weighted by molar-refractivity contribution is 0.402. The van der Waals surface area contributed by atoms with Gasteiger partial charge in [0, 0.05) is 10.0 Å². The summed E-state index contributed by atoms with van der Waals surface area (Å²) >= 11 is 3.44. The number of ether oxygens (including phenoxy) is 1. The highest BCUT2D eigenvalue weighted by molar-refractivity contribution is 9.10. The van der Waals surface area contributed by atoms with E-state index in [1.54, 1.807) is 13.2 Å². The predicted molar refractivity (Wildman–Crippen MR) is 87.5 cm³/mol. The van der Waals surface area contributed by atoms with Crippen LogP contribution in [0.2, 0.25) is 0 Å². The molecule has 21 heavy (non-hydrogen) atoms. The van der Waals surface area contributed by atoms with Gasteiger partial charge in [0.2, 0.25) is 0 Å². The first-order valence-corrected chi connectivity index (χ1v) is 7.55. The molecule has 0 bridgehead atoms. The molecule has 4 heteroatoms. The van der Waals surface area contributed by atoms with E-state index < -0.39 is 0 Å². The van der Waals surface area contributed by atoms with Crippen LogP contribution in [0.15, 0.2) is 34.8 Å². The second kappa shape index (κ2) is 6.58. The molecule has 2 nitrogen and oxygen atoms in total. The summed E-state index contributed by atoms with van der Waals surface area (Å²) in [7, 11) is 3.56. The van der Waals surface area contributed by atoms with E-state index in [1.165, 1.54) is 17.7 Å². The highest BCUT2D eigenvalue weighted by Crippen LogP contribution is 2.36. The van der Waals surface area contributed by atoms with Gasteiger partial charge in [-0.1, -0.05) is 34.1 Å². The maximum Gasteiger partial charge on any atom is 0.127 e. The Labute approximate surface area is 133 Å². The largest absolute Gasteiger partial charge is 0.496 e. The SMILES string of the molecule is CNC(c1ccc(F)cc1Br)c1ccc(C)c(C)c1OC. The molecule has 0 aliphatic carbocycles. The fourth-order valence-electron chi connectivity index (χ4n) is 2.52. The summed E-state index contributed by atoms with van der Waals surface area (Å²) < 4.78 is 19.6. The van der Waals surface area contributed by atoms with Crippen LogP contribution in [0, 0.1) is 19.7 Å². The van der Waals surface area contributed by atoms with Crippen LogP contribution >= 0.6 is 15.9 Å². The van der Waals surface area contributed by atoms with Crippen LogP contribution < -0.4 is 10.1 Å². The summed E-state index contributed by atoms with van der Waals surface area (Å²) in [6.07, 6.45) is 0. The van der Waals surface area contributed by atoms with Crippen molar-refractivity contribution in [1.29, 1.82) is 0 Å². The van der Waals surface area contributed by atoms with Crippen molar-refractivity contribution in [3.63, 3.8) is 0 Å². The molecular weight excluding hydrogens is 333 g/mol. The molecule has 0 aliphatic rings. The van der Waals surface area contributed by atoms with E-state index in [4.69, 9.17) is 4.74 Å². The van der Waals surface area contributed by atoms with Crippen LogP contribution in [-0.2, 0) is 0 Å². The number of benzene rings is 2. The fraction of sp³-hybridized carbons (Fsp3) is 0.294. The van der Waals surface area contributed by atoms with Crippen molar-refractivity contribution in [2.75, 3.05) is 14.2 Å². The lowest BCUT2D eigenvalue weighted by Crippen LogP contribution is -2.19. The van der Waals surface area contributed by atoms with E-state index in [1.807, 2.05) is 14.0 Å². The molecule has 2 aromatic carbocycles. The van der Waals surface area contributed by atoms with E-state index >= 15 is 0 Å². The Balaban J connectivity index is 2.59. The minimum atomic E-state index is -0.257. The van der Waals surface area contributed by atoms with Gasteiger partial charge < -0.3 is 10.1 Å². The molecule has 0 spiro atoms. The summed E-state index contributed by atoms with van der Waals surface area (Å²) in [5, 5.41) is 3.28. The molecule has 1 N–H and O–H groups in total. The summed E-state index contributed by atoms with van der Waals surface area (Å²) in [5.41, 5.74) is 4.31. The second-order valence-corrected chi connectivity index (χ2v) is 5.87. The van der Waals surface area contributed by atoms with Gasteiger partial charge in [0.25, 0.3) is 0 Å². The van der Waals surface area contributed by atoms with Gasteiger partial charge in [-0.25, -0.2) is 4.39 Å². The minimum Gasteiger partial charge on any atom is -0.496 e. The maximum absolute atomic E-state index is 13.3. The third-order valence-corrected chi connectivity index (χ3v) is 4.47. The van der Waals surface area contributed by atoms with Gasteiger partial charge in [0.1, 0.15) is 11.6 Å². The topological polar surface area (TPSA) is 21.3 Å². The van der Waals surface area contributed by atoms with Gasteiger partial charge in [-0.15, -0.1) is 0 Å². The number of nitrogens with one attached hydrogen (secondary N) is 1. The average Bonchev–Trinajstić information content (AvgIpc) is 2.45. The number of methoxy groups -OCH3 is 1. The molecule has 0 radical (unpaired) electrons. The van der Waals surface area contributed by atoms with Gasteiger partial charge >= 0.3 is 0 Å². The number of halogens is 2. The van der Waals surface area contributed by atoms with E-state index in [-0.39, 0.29) is 11.9 Å². The molecule has 1 atom stereocenters. The fourth-order valence-corrected chi connectivity index (χ4v) is 3.10. The zero-order valence-electron chi connectivity index (χ0n) is 12.6. The monoisotopic (exact) mass is 351 g/mol. The number of aryl methyl sites for hydroxylation is 1. The van der Waals surface area contributed by atoms with Gasteiger partial charge in [-0.05, 0) is 49.7 Å². The van der Waals surface area contributed by atoms with Gasteiger partial charge in [-0.3, -0.25) is 0 Å². The molecule has 0 aromatic heterocycles. The Morgan fingerprint density at radius 1 is 1.14 bits per heavy atom. The van der Waals surface area contributed by atoms with Crippen molar-refractivity contribution in [3.05, 3.63) is 62.9 Å². The first-order valence-electron chi connectivity index (χ1n) is 6.76. The molecule has 0 heterocycles. The minimum absolute atomic E-state index is 0.0748. The van der Waals surface area contributed by atoms with Gasteiger partial charge in [0.05, 0.1) is 13.2 Å². The van der Waals surface area contributed by atoms with E-state index in [0.717, 1.165) is 26.9 Å². The normalized spacial score (nSPS) is 12.3. The van der Waals surface area contributed by atoms with E-state index in [2.05, 4.69) is 40.3 Å². The molecule has 2 aromatic rings. The average molecular weight is 352 g/mol. The van der Waals surface area contributed by atoms with Crippen molar-refractivity contribution >= 4 is 15.9 Å². The third kappa shape index (κ3) is 3.11. The predicted octanol–water partition coefficient (Wildman–Crippen LogP) is 4.52. The first kappa shape index (κ1) is 16.0. The van der Waals surface area contributed by atoms with E-state index in [0.29, 0.717) is 0 Å². The summed E-state index contributed by atoms with van der Waals surface area (Å²) in [4.78, 5) is 0. The Kier molecular flexibility index (Phi) is 5.01. The molecule has 0 fully saturated rings. The first-order chi connectivity index (χ1) is 9.99. The number of hydrogen-bond acceptors (Lipinski definition) is 2. The third-order valence-electron chi connectivity index (χ3n) is 3.78. The lowest BCUT2D eigenvalue weighted by atomic mass is 9.94. The highest BCUT2D eigenvalue weighted by atomic mass is 79.9. The van der Waals surface area contributed by atoms with Crippen molar-refractivity contribution in [3.8, 4) is 5.75 Å². The summed E-state index contributed by atoms with van der Waals surface area (Å²) in [6, 6.07) is 8.79. The Hall–Kier alpha value is -1.39. The van der Waals surface area contributed by atoms with E-state index in [9.17, 15) is 4.39 Å².